The zero-order valence-electron chi connectivity index (χ0n) is 15.8. The van der Waals surface area contributed by atoms with E-state index in [4.69, 9.17) is 12.2 Å². The summed E-state index contributed by atoms with van der Waals surface area (Å²) in [6.45, 7) is 3.90. The van der Waals surface area contributed by atoms with Crippen molar-refractivity contribution in [2.75, 3.05) is 19.0 Å². The number of halogens is 1. The summed E-state index contributed by atoms with van der Waals surface area (Å²) in [6.07, 6.45) is 0. The van der Waals surface area contributed by atoms with Crippen molar-refractivity contribution in [3.63, 3.8) is 0 Å². The number of hydrogen-bond donors (Lipinski definition) is 1. The van der Waals surface area contributed by atoms with E-state index in [0.717, 1.165) is 22.5 Å². The van der Waals surface area contributed by atoms with Gasteiger partial charge in [-0.3, -0.25) is 9.69 Å². The minimum Gasteiger partial charge on any atom is -0.351 e. The second-order valence-electron chi connectivity index (χ2n) is 6.81. The molecule has 27 heavy (non-hydrogen) atoms. The summed E-state index contributed by atoms with van der Waals surface area (Å²) in [5.74, 6) is -0.436. The van der Waals surface area contributed by atoms with Gasteiger partial charge in [-0.2, -0.15) is 0 Å². The molecule has 2 aromatic carbocycles. The van der Waals surface area contributed by atoms with Crippen molar-refractivity contribution in [1.29, 1.82) is 0 Å². The van der Waals surface area contributed by atoms with Crippen molar-refractivity contribution in [3.05, 3.63) is 76.7 Å². The van der Waals surface area contributed by atoms with Gasteiger partial charge in [0, 0.05) is 25.5 Å². The fraction of sp³-hybridized carbons (Fsp3) is 0.238. The molecule has 1 N–H and O–H groups in total. The van der Waals surface area contributed by atoms with Crippen LogP contribution in [0.3, 0.4) is 0 Å². The van der Waals surface area contributed by atoms with Gasteiger partial charge in [0.05, 0.1) is 11.6 Å². The number of thiocarbonyl (C=S) groups is 1. The Morgan fingerprint density at radius 1 is 1.15 bits per heavy atom. The minimum atomic E-state index is -0.436. The minimum absolute atomic E-state index is 0.116. The monoisotopic (exact) mass is 383 g/mol. The van der Waals surface area contributed by atoms with Gasteiger partial charge >= 0.3 is 0 Å². The molecule has 140 valence electrons. The molecule has 2 aromatic rings. The third-order valence-corrected chi connectivity index (χ3v) is 4.88. The Labute approximate surface area is 164 Å². The Morgan fingerprint density at radius 3 is 2.41 bits per heavy atom. The standard InChI is InChI=1S/C21H22FN3OS/c1-13-6-5-7-17(12-13)25-14(2)18(20(26)24(3)4)19(23-21(25)27)15-8-10-16(22)11-9-15/h5-12,19H,1-4H3,(H,23,27). The van der Waals surface area contributed by atoms with E-state index in [1.165, 1.54) is 12.1 Å². The summed E-state index contributed by atoms with van der Waals surface area (Å²) in [7, 11) is 3.43. The molecule has 0 fully saturated rings. The number of rotatable bonds is 3. The van der Waals surface area contributed by atoms with E-state index in [1.807, 2.05) is 43.0 Å². The topological polar surface area (TPSA) is 35.6 Å². The lowest BCUT2D eigenvalue weighted by molar-refractivity contribution is -0.125. The van der Waals surface area contributed by atoms with Crippen molar-refractivity contribution < 1.29 is 9.18 Å². The first kappa shape index (κ1) is 19.0. The van der Waals surface area contributed by atoms with Gasteiger partial charge < -0.3 is 10.2 Å². The number of anilines is 1. The molecule has 0 spiro atoms. The maximum Gasteiger partial charge on any atom is 0.253 e. The molecule has 1 heterocycles. The number of likely N-dealkylation sites (N-methyl/N-ethyl adjacent to an activating group) is 1. The predicted octanol–water partition coefficient (Wildman–Crippen LogP) is 3.93. The van der Waals surface area contributed by atoms with E-state index < -0.39 is 6.04 Å². The number of hydrogen-bond acceptors (Lipinski definition) is 2. The lowest BCUT2D eigenvalue weighted by Gasteiger charge is -2.38. The normalized spacial score (nSPS) is 17.0. The van der Waals surface area contributed by atoms with E-state index >= 15 is 0 Å². The van der Waals surface area contributed by atoms with Crippen LogP contribution >= 0.6 is 12.2 Å². The average molecular weight is 383 g/mol. The first-order valence-corrected chi connectivity index (χ1v) is 9.05. The van der Waals surface area contributed by atoms with Crippen molar-refractivity contribution in [1.82, 2.24) is 10.2 Å². The smallest absolute Gasteiger partial charge is 0.253 e. The summed E-state index contributed by atoms with van der Waals surface area (Å²) in [6, 6.07) is 13.6. The molecule has 0 aliphatic carbocycles. The molecule has 0 radical (unpaired) electrons. The van der Waals surface area contributed by atoms with E-state index in [-0.39, 0.29) is 11.7 Å². The summed E-state index contributed by atoms with van der Waals surface area (Å²) >= 11 is 5.62. The SMILES string of the molecule is CC1=C(C(=O)N(C)C)C(c2ccc(F)cc2)NC(=S)N1c1cccc(C)c1. The molecule has 1 aliphatic rings. The second kappa shape index (κ2) is 7.48. The number of benzene rings is 2. The van der Waals surface area contributed by atoms with Crippen LogP contribution < -0.4 is 10.2 Å². The number of amides is 1. The molecule has 0 saturated carbocycles. The van der Waals surface area contributed by atoms with Crippen LogP contribution in [0.2, 0.25) is 0 Å². The Kier molecular flexibility index (Phi) is 5.28. The van der Waals surface area contributed by atoms with Gasteiger partial charge in [-0.15, -0.1) is 0 Å². The van der Waals surface area contributed by atoms with Gasteiger partial charge in [-0.1, -0.05) is 24.3 Å². The van der Waals surface area contributed by atoms with Gasteiger partial charge in [-0.05, 0) is 61.5 Å². The van der Waals surface area contributed by atoms with Crippen molar-refractivity contribution in [3.8, 4) is 0 Å². The zero-order valence-corrected chi connectivity index (χ0v) is 16.6. The number of nitrogens with zero attached hydrogens (tertiary/aromatic N) is 2. The van der Waals surface area contributed by atoms with E-state index in [2.05, 4.69) is 5.32 Å². The van der Waals surface area contributed by atoms with Gasteiger partial charge in [0.1, 0.15) is 5.82 Å². The number of nitrogens with one attached hydrogen (secondary N) is 1. The Bertz CT molecular complexity index is 921. The van der Waals surface area contributed by atoms with E-state index in [9.17, 15) is 9.18 Å². The Morgan fingerprint density at radius 2 is 1.81 bits per heavy atom. The van der Waals surface area contributed by atoms with Gasteiger partial charge in [0.15, 0.2) is 5.11 Å². The summed E-state index contributed by atoms with van der Waals surface area (Å²) in [5, 5.41) is 3.77. The van der Waals surface area contributed by atoms with Crippen LogP contribution in [0.1, 0.15) is 24.1 Å². The highest BCUT2D eigenvalue weighted by Gasteiger charge is 2.35. The number of aryl methyl sites for hydroxylation is 1. The van der Waals surface area contributed by atoms with Crippen molar-refractivity contribution in [2.24, 2.45) is 0 Å². The lowest BCUT2D eigenvalue weighted by atomic mass is 9.93. The summed E-state index contributed by atoms with van der Waals surface area (Å²) < 4.78 is 13.4. The van der Waals surface area contributed by atoms with Crippen LogP contribution in [0.15, 0.2) is 59.8 Å². The molecule has 1 aliphatic heterocycles. The molecule has 0 aromatic heterocycles. The molecule has 0 saturated heterocycles. The fourth-order valence-electron chi connectivity index (χ4n) is 3.24. The van der Waals surface area contributed by atoms with Crippen LogP contribution in [0.25, 0.3) is 0 Å². The molecule has 6 heteroatoms. The van der Waals surface area contributed by atoms with Crippen LogP contribution in [-0.2, 0) is 4.79 Å². The number of carbonyl (C=O) groups is 1. The highest BCUT2D eigenvalue weighted by molar-refractivity contribution is 7.80. The molecule has 3 rings (SSSR count). The van der Waals surface area contributed by atoms with E-state index in [1.54, 1.807) is 31.1 Å². The number of carbonyl (C=O) groups excluding carboxylic acids is 1. The molecule has 1 atom stereocenters. The van der Waals surface area contributed by atoms with Crippen LogP contribution in [-0.4, -0.2) is 30.0 Å². The molecular formula is C21H22FN3OS. The zero-order chi connectivity index (χ0) is 19.7. The molecule has 1 amide bonds. The average Bonchev–Trinajstić information content (AvgIpc) is 2.61. The number of allylic oxidation sites excluding steroid dienone is 1. The fourth-order valence-corrected chi connectivity index (χ4v) is 3.60. The van der Waals surface area contributed by atoms with Crippen LogP contribution in [0, 0.1) is 12.7 Å². The Hall–Kier alpha value is -2.73. The molecule has 4 nitrogen and oxygen atoms in total. The molecular weight excluding hydrogens is 361 g/mol. The summed E-state index contributed by atoms with van der Waals surface area (Å²) in [4.78, 5) is 16.4. The molecule has 1 unspecified atom stereocenters. The largest absolute Gasteiger partial charge is 0.351 e. The second-order valence-corrected chi connectivity index (χ2v) is 7.19. The van der Waals surface area contributed by atoms with Crippen molar-refractivity contribution in [2.45, 2.75) is 19.9 Å². The van der Waals surface area contributed by atoms with Crippen LogP contribution in [0.4, 0.5) is 10.1 Å². The first-order chi connectivity index (χ1) is 12.8. The quantitative estimate of drug-likeness (QED) is 0.815. The third kappa shape index (κ3) is 3.71. The first-order valence-electron chi connectivity index (χ1n) is 8.64. The predicted molar refractivity (Wildman–Crippen MR) is 110 cm³/mol. The van der Waals surface area contributed by atoms with Gasteiger partial charge in [-0.25, -0.2) is 4.39 Å². The Balaban J connectivity index is 2.16. The highest BCUT2D eigenvalue weighted by Crippen LogP contribution is 2.34. The lowest BCUT2D eigenvalue weighted by Crippen LogP contribution is -2.49. The van der Waals surface area contributed by atoms with E-state index in [0.29, 0.717) is 10.7 Å². The maximum absolute atomic E-state index is 13.4. The van der Waals surface area contributed by atoms with Crippen LogP contribution in [0.5, 0.6) is 0 Å². The third-order valence-electron chi connectivity index (χ3n) is 4.58. The summed E-state index contributed by atoms with van der Waals surface area (Å²) in [5.41, 5.74) is 4.13. The molecule has 0 bridgehead atoms. The maximum atomic E-state index is 13.4. The van der Waals surface area contributed by atoms with Gasteiger partial charge in [0.25, 0.3) is 5.91 Å². The van der Waals surface area contributed by atoms with Crippen molar-refractivity contribution >= 4 is 28.9 Å². The highest BCUT2D eigenvalue weighted by atomic mass is 32.1. The van der Waals surface area contributed by atoms with Gasteiger partial charge in [0.2, 0.25) is 0 Å².